The Morgan fingerprint density at radius 3 is 2.75 bits per heavy atom. The smallest absolute Gasteiger partial charge is 0.255 e. The standard InChI is InChI=1S/C21H20BrN5O/c1-12-7-8-17(13(2)9-12)26-20(28)18-14(3)25-21-23-11-24-27(21)19(18)15-5-4-6-16(22)10-15/h4-11,19H,1-3H3,(H,26,28)(H,23,24,25)/t19-/m0/s1. The summed E-state index contributed by atoms with van der Waals surface area (Å²) >= 11 is 3.52. The summed E-state index contributed by atoms with van der Waals surface area (Å²) in [6, 6.07) is 13.5. The highest BCUT2D eigenvalue weighted by atomic mass is 79.9. The van der Waals surface area contributed by atoms with Crippen molar-refractivity contribution in [3.05, 3.63) is 81.2 Å². The van der Waals surface area contributed by atoms with Crippen LogP contribution >= 0.6 is 15.9 Å². The van der Waals surface area contributed by atoms with E-state index in [0.717, 1.165) is 32.5 Å². The van der Waals surface area contributed by atoms with Gasteiger partial charge in [-0.25, -0.2) is 4.68 Å². The minimum absolute atomic E-state index is 0.164. The molecule has 28 heavy (non-hydrogen) atoms. The normalized spacial score (nSPS) is 15.8. The van der Waals surface area contributed by atoms with Crippen molar-refractivity contribution in [2.75, 3.05) is 10.6 Å². The number of aromatic nitrogens is 3. The van der Waals surface area contributed by atoms with Crippen molar-refractivity contribution in [2.45, 2.75) is 26.8 Å². The van der Waals surface area contributed by atoms with Crippen LogP contribution in [0.1, 0.15) is 29.7 Å². The molecule has 0 radical (unpaired) electrons. The average molecular weight is 438 g/mol. The van der Waals surface area contributed by atoms with E-state index in [9.17, 15) is 4.79 Å². The first-order chi connectivity index (χ1) is 13.4. The second-order valence-corrected chi connectivity index (χ2v) is 7.84. The number of aryl methyl sites for hydroxylation is 2. The van der Waals surface area contributed by atoms with E-state index in [1.165, 1.54) is 6.33 Å². The van der Waals surface area contributed by atoms with Crippen molar-refractivity contribution in [3.63, 3.8) is 0 Å². The molecule has 1 aliphatic rings. The molecule has 2 aromatic carbocycles. The van der Waals surface area contributed by atoms with Crippen LogP contribution < -0.4 is 10.6 Å². The van der Waals surface area contributed by atoms with Gasteiger partial charge in [0.25, 0.3) is 5.91 Å². The van der Waals surface area contributed by atoms with Crippen LogP contribution in [-0.2, 0) is 4.79 Å². The summed E-state index contributed by atoms with van der Waals surface area (Å²) < 4.78 is 2.68. The fourth-order valence-corrected chi connectivity index (χ4v) is 3.93. The highest BCUT2D eigenvalue weighted by molar-refractivity contribution is 9.10. The Morgan fingerprint density at radius 2 is 2.00 bits per heavy atom. The maximum absolute atomic E-state index is 13.3. The molecule has 1 aromatic heterocycles. The topological polar surface area (TPSA) is 71.8 Å². The number of allylic oxidation sites excluding steroid dienone is 1. The minimum atomic E-state index is -0.373. The molecule has 1 atom stereocenters. The van der Waals surface area contributed by atoms with Gasteiger partial charge in [0, 0.05) is 15.9 Å². The summed E-state index contributed by atoms with van der Waals surface area (Å²) in [7, 11) is 0. The molecule has 1 aliphatic heterocycles. The number of hydrogen-bond acceptors (Lipinski definition) is 4. The van der Waals surface area contributed by atoms with Crippen LogP contribution in [-0.4, -0.2) is 20.7 Å². The molecule has 1 amide bonds. The van der Waals surface area contributed by atoms with Crippen LogP contribution in [0.5, 0.6) is 0 Å². The lowest BCUT2D eigenvalue weighted by molar-refractivity contribution is -0.113. The van der Waals surface area contributed by atoms with E-state index in [-0.39, 0.29) is 11.9 Å². The number of amides is 1. The van der Waals surface area contributed by atoms with Crippen LogP contribution in [0.15, 0.2) is 64.5 Å². The number of hydrogen-bond donors (Lipinski definition) is 2. The third kappa shape index (κ3) is 3.33. The highest BCUT2D eigenvalue weighted by Crippen LogP contribution is 2.36. The summed E-state index contributed by atoms with van der Waals surface area (Å²) in [5.41, 5.74) is 5.30. The number of halogens is 1. The molecule has 0 aliphatic carbocycles. The zero-order chi connectivity index (χ0) is 19.8. The molecule has 2 heterocycles. The SMILES string of the molecule is CC1=C(C(=O)Nc2ccc(C)cc2C)[C@H](c2cccc(Br)c2)n2ncnc2N1. The Balaban J connectivity index is 1.77. The lowest BCUT2D eigenvalue weighted by atomic mass is 9.95. The van der Waals surface area contributed by atoms with Crippen molar-refractivity contribution < 1.29 is 4.79 Å². The number of fused-ring (bicyclic) bond motifs is 1. The Kier molecular flexibility index (Phi) is 4.77. The van der Waals surface area contributed by atoms with Crippen LogP contribution in [0.4, 0.5) is 11.6 Å². The van der Waals surface area contributed by atoms with E-state index < -0.39 is 0 Å². The summed E-state index contributed by atoms with van der Waals surface area (Å²) in [5, 5.41) is 10.6. The van der Waals surface area contributed by atoms with Gasteiger partial charge in [-0.05, 0) is 50.1 Å². The first kappa shape index (κ1) is 18.4. The number of rotatable bonds is 3. The second kappa shape index (κ2) is 7.24. The molecule has 7 heteroatoms. The quantitative estimate of drug-likeness (QED) is 0.628. The van der Waals surface area contributed by atoms with Gasteiger partial charge in [-0.1, -0.05) is 45.8 Å². The maximum Gasteiger partial charge on any atom is 0.255 e. The van der Waals surface area contributed by atoms with Crippen molar-refractivity contribution in [3.8, 4) is 0 Å². The molecule has 142 valence electrons. The highest BCUT2D eigenvalue weighted by Gasteiger charge is 2.33. The third-order valence-corrected chi connectivity index (χ3v) is 5.33. The van der Waals surface area contributed by atoms with Gasteiger partial charge in [0.2, 0.25) is 5.95 Å². The zero-order valence-corrected chi connectivity index (χ0v) is 17.4. The summed E-state index contributed by atoms with van der Waals surface area (Å²) in [6.07, 6.45) is 1.49. The van der Waals surface area contributed by atoms with Gasteiger partial charge in [0.05, 0.1) is 5.57 Å². The van der Waals surface area contributed by atoms with Crippen LogP contribution in [0.2, 0.25) is 0 Å². The predicted octanol–water partition coefficient (Wildman–Crippen LogP) is 4.59. The van der Waals surface area contributed by atoms with Gasteiger partial charge in [-0.15, -0.1) is 0 Å². The molecule has 2 N–H and O–H groups in total. The Labute approximate surface area is 171 Å². The first-order valence-corrected chi connectivity index (χ1v) is 9.74. The van der Waals surface area contributed by atoms with E-state index in [2.05, 4.69) is 42.7 Å². The Morgan fingerprint density at radius 1 is 1.18 bits per heavy atom. The van der Waals surface area contributed by atoms with Gasteiger partial charge < -0.3 is 10.6 Å². The molecule has 0 fully saturated rings. The number of anilines is 2. The summed E-state index contributed by atoms with van der Waals surface area (Å²) in [6.45, 7) is 5.91. The molecule has 0 saturated carbocycles. The van der Waals surface area contributed by atoms with Crippen molar-refractivity contribution in [1.29, 1.82) is 0 Å². The number of carbonyl (C=O) groups excluding carboxylic acids is 1. The number of nitrogens with one attached hydrogen (secondary N) is 2. The molecule has 0 spiro atoms. The molecule has 4 rings (SSSR count). The molecule has 0 unspecified atom stereocenters. The Hall–Kier alpha value is -2.93. The monoisotopic (exact) mass is 437 g/mol. The molecule has 6 nitrogen and oxygen atoms in total. The van der Waals surface area contributed by atoms with E-state index in [1.807, 2.05) is 57.2 Å². The number of benzene rings is 2. The molecule has 3 aromatic rings. The average Bonchev–Trinajstić information content (AvgIpc) is 3.10. The predicted molar refractivity (Wildman–Crippen MR) is 113 cm³/mol. The lowest BCUT2D eigenvalue weighted by Crippen LogP contribution is -2.31. The fraction of sp³-hybridized carbons (Fsp3) is 0.190. The van der Waals surface area contributed by atoms with Gasteiger partial charge >= 0.3 is 0 Å². The van der Waals surface area contributed by atoms with Crippen molar-refractivity contribution in [2.24, 2.45) is 0 Å². The van der Waals surface area contributed by atoms with Gasteiger partial charge in [-0.3, -0.25) is 4.79 Å². The first-order valence-electron chi connectivity index (χ1n) is 8.95. The number of nitrogens with zero attached hydrogens (tertiary/aromatic N) is 3. The fourth-order valence-electron chi connectivity index (χ4n) is 3.51. The van der Waals surface area contributed by atoms with Crippen LogP contribution in [0.3, 0.4) is 0 Å². The Bertz CT molecular complexity index is 1100. The van der Waals surface area contributed by atoms with E-state index in [0.29, 0.717) is 11.5 Å². The summed E-state index contributed by atoms with van der Waals surface area (Å²) in [4.78, 5) is 17.6. The van der Waals surface area contributed by atoms with E-state index >= 15 is 0 Å². The van der Waals surface area contributed by atoms with Crippen LogP contribution in [0, 0.1) is 13.8 Å². The molecule has 0 bridgehead atoms. The lowest BCUT2D eigenvalue weighted by Gasteiger charge is -2.29. The van der Waals surface area contributed by atoms with Gasteiger partial charge in [-0.2, -0.15) is 10.1 Å². The minimum Gasteiger partial charge on any atom is -0.328 e. The van der Waals surface area contributed by atoms with Gasteiger partial charge in [0.1, 0.15) is 12.4 Å². The largest absolute Gasteiger partial charge is 0.328 e. The van der Waals surface area contributed by atoms with Crippen LogP contribution in [0.25, 0.3) is 0 Å². The van der Waals surface area contributed by atoms with Crippen molar-refractivity contribution in [1.82, 2.24) is 14.8 Å². The second-order valence-electron chi connectivity index (χ2n) is 6.92. The maximum atomic E-state index is 13.3. The third-order valence-electron chi connectivity index (χ3n) is 4.83. The van der Waals surface area contributed by atoms with E-state index in [4.69, 9.17) is 0 Å². The van der Waals surface area contributed by atoms with Gasteiger partial charge in [0.15, 0.2) is 0 Å². The summed E-state index contributed by atoms with van der Waals surface area (Å²) in [5.74, 6) is 0.452. The molecule has 0 saturated heterocycles. The zero-order valence-electron chi connectivity index (χ0n) is 15.8. The molecular weight excluding hydrogens is 418 g/mol. The molecular formula is C21H20BrN5O. The number of carbonyl (C=O) groups is 1. The van der Waals surface area contributed by atoms with E-state index in [1.54, 1.807) is 4.68 Å². The van der Waals surface area contributed by atoms with Crippen molar-refractivity contribution >= 4 is 33.5 Å².